The van der Waals surface area contributed by atoms with Gasteiger partial charge in [0.25, 0.3) is 5.91 Å². The van der Waals surface area contributed by atoms with Gasteiger partial charge < -0.3 is 24.3 Å². The first kappa shape index (κ1) is 28.3. The van der Waals surface area contributed by atoms with E-state index in [1.807, 2.05) is 63.2 Å². The predicted molar refractivity (Wildman–Crippen MR) is 161 cm³/mol. The van der Waals surface area contributed by atoms with Gasteiger partial charge in [0.1, 0.15) is 11.4 Å². The molecule has 2 fully saturated rings. The number of aromatic nitrogens is 1. The summed E-state index contributed by atoms with van der Waals surface area (Å²) >= 11 is 0. The molecule has 3 aromatic rings. The fourth-order valence-corrected chi connectivity index (χ4v) is 6.90. The molecular weight excluding hydrogens is 530 g/mol. The number of benzene rings is 2. The summed E-state index contributed by atoms with van der Waals surface area (Å²) in [7, 11) is 1.65. The van der Waals surface area contributed by atoms with Crippen LogP contribution in [0.5, 0.6) is 5.75 Å². The fraction of sp³-hybridized carbons (Fsp3) is 0.500. The third-order valence-electron chi connectivity index (χ3n) is 8.99. The summed E-state index contributed by atoms with van der Waals surface area (Å²) in [5.74, 6) is 0.787. The second-order valence-corrected chi connectivity index (χ2v) is 13.9. The zero-order valence-electron chi connectivity index (χ0n) is 25.5. The summed E-state index contributed by atoms with van der Waals surface area (Å²) in [6.07, 6.45) is 3.25. The Balaban J connectivity index is 1.32. The van der Waals surface area contributed by atoms with Gasteiger partial charge in [-0.3, -0.25) is 9.59 Å². The van der Waals surface area contributed by atoms with Gasteiger partial charge in [-0.25, -0.2) is 4.79 Å². The normalized spacial score (nSPS) is 20.5. The van der Waals surface area contributed by atoms with Gasteiger partial charge in [0.05, 0.1) is 12.8 Å². The van der Waals surface area contributed by atoms with Crippen molar-refractivity contribution in [1.82, 2.24) is 14.8 Å². The molecule has 1 saturated carbocycles. The molecule has 1 N–H and O–H groups in total. The lowest BCUT2D eigenvalue weighted by Gasteiger charge is -2.35. The lowest BCUT2D eigenvalue weighted by Crippen LogP contribution is -2.40. The van der Waals surface area contributed by atoms with Crippen molar-refractivity contribution in [3.63, 3.8) is 0 Å². The summed E-state index contributed by atoms with van der Waals surface area (Å²) < 4.78 is 13.0. The number of ketones is 1. The van der Waals surface area contributed by atoms with Gasteiger partial charge in [-0.15, -0.1) is 0 Å². The first-order chi connectivity index (χ1) is 19.8. The van der Waals surface area contributed by atoms with Gasteiger partial charge >= 0.3 is 6.09 Å². The van der Waals surface area contributed by atoms with Crippen LogP contribution >= 0.6 is 0 Å². The number of fused-ring (bicyclic) bond motifs is 4. The van der Waals surface area contributed by atoms with Crippen LogP contribution in [-0.4, -0.2) is 59.1 Å². The molecule has 2 heterocycles. The average molecular weight is 572 g/mol. The van der Waals surface area contributed by atoms with Gasteiger partial charge in [0.15, 0.2) is 5.78 Å². The Labute approximate surface area is 247 Å². The molecule has 2 amide bonds. The molecule has 2 aliphatic carbocycles. The van der Waals surface area contributed by atoms with Crippen molar-refractivity contribution in [2.75, 3.05) is 20.2 Å². The number of Topliss-reactive ketones (excluding diaryl/α,β-unsaturated/α-hetero) is 1. The Morgan fingerprint density at radius 2 is 1.79 bits per heavy atom. The first-order valence-electron chi connectivity index (χ1n) is 14.9. The lowest BCUT2D eigenvalue weighted by molar-refractivity contribution is 0.0290. The average Bonchev–Trinajstić information content (AvgIpc) is 3.37. The summed E-state index contributed by atoms with van der Waals surface area (Å²) in [6, 6.07) is 13.6. The van der Waals surface area contributed by atoms with E-state index < -0.39 is 11.0 Å². The smallest absolute Gasteiger partial charge is 0.410 e. The summed E-state index contributed by atoms with van der Waals surface area (Å²) in [5.41, 5.74) is 3.49. The van der Waals surface area contributed by atoms with Crippen molar-refractivity contribution in [2.24, 2.45) is 5.41 Å². The highest BCUT2D eigenvalue weighted by Crippen LogP contribution is 2.61. The number of nitrogens with zero attached hydrogens (tertiary/aromatic N) is 2. The van der Waals surface area contributed by atoms with Crippen molar-refractivity contribution in [3.8, 4) is 5.75 Å². The molecule has 1 atom stereocenters. The Bertz CT molecular complexity index is 1570. The van der Waals surface area contributed by atoms with Gasteiger partial charge in [-0.2, -0.15) is 0 Å². The molecule has 6 rings (SSSR count). The molecule has 0 bridgehead atoms. The van der Waals surface area contributed by atoms with Crippen molar-refractivity contribution < 1.29 is 23.9 Å². The molecule has 1 spiro atoms. The largest absolute Gasteiger partial charge is 0.497 e. The molecule has 1 aliphatic heterocycles. The molecule has 1 aromatic heterocycles. The highest BCUT2D eigenvalue weighted by molar-refractivity contribution is 6.09. The minimum atomic E-state index is -0.563. The zero-order chi connectivity index (χ0) is 30.0. The number of rotatable bonds is 5. The number of nitrogens with one attached hydrogen (secondary N) is 1. The third-order valence-corrected chi connectivity index (χ3v) is 8.99. The molecular formula is C34H41N3O5. The monoisotopic (exact) mass is 571 g/mol. The van der Waals surface area contributed by atoms with Gasteiger partial charge in [-0.1, -0.05) is 26.0 Å². The highest BCUT2D eigenvalue weighted by atomic mass is 16.6. The van der Waals surface area contributed by atoms with E-state index >= 15 is 0 Å². The van der Waals surface area contributed by atoms with Crippen LogP contribution in [0.15, 0.2) is 42.5 Å². The Morgan fingerprint density at radius 3 is 2.43 bits per heavy atom. The van der Waals surface area contributed by atoms with E-state index in [1.165, 1.54) is 0 Å². The second-order valence-electron chi connectivity index (χ2n) is 13.9. The molecule has 1 unspecified atom stereocenters. The van der Waals surface area contributed by atoms with Crippen molar-refractivity contribution >= 4 is 28.7 Å². The maximum atomic E-state index is 14.0. The number of methoxy groups -OCH3 is 1. The highest BCUT2D eigenvalue weighted by Gasteiger charge is 2.57. The van der Waals surface area contributed by atoms with Crippen LogP contribution in [0.3, 0.4) is 0 Å². The lowest BCUT2D eigenvalue weighted by atomic mass is 9.68. The number of likely N-dealkylation sites (tertiary alicyclic amines) is 1. The van der Waals surface area contributed by atoms with Gasteiger partial charge in [0.2, 0.25) is 0 Å². The number of hydrogen-bond donors (Lipinski definition) is 1. The van der Waals surface area contributed by atoms with Crippen LogP contribution in [-0.2, 0) is 16.7 Å². The van der Waals surface area contributed by atoms with E-state index in [0.717, 1.165) is 52.7 Å². The van der Waals surface area contributed by atoms with E-state index in [9.17, 15) is 14.4 Å². The molecule has 3 aliphatic rings. The fourth-order valence-electron chi connectivity index (χ4n) is 6.90. The molecule has 2 aromatic carbocycles. The second kappa shape index (κ2) is 9.89. The van der Waals surface area contributed by atoms with E-state index in [1.54, 1.807) is 12.0 Å². The van der Waals surface area contributed by atoms with Crippen molar-refractivity contribution in [1.29, 1.82) is 0 Å². The first-order valence-corrected chi connectivity index (χ1v) is 14.9. The van der Waals surface area contributed by atoms with Gasteiger partial charge in [0, 0.05) is 47.6 Å². The predicted octanol–water partition coefficient (Wildman–Crippen LogP) is 6.08. The topological polar surface area (TPSA) is 89.9 Å². The summed E-state index contributed by atoms with van der Waals surface area (Å²) in [5, 5.41) is 4.12. The molecule has 8 nitrogen and oxygen atoms in total. The third kappa shape index (κ3) is 5.05. The number of carbonyl (C=O) groups is 3. The SMILES string of the molecule is COc1ccc(Cn2c3c(c4cc(C(=O)NC5CCN(C(=O)OC(C)(C)C)C5)ccc42)C2(CC2)CC(C)(C)C3=O)cc1. The summed E-state index contributed by atoms with van der Waals surface area (Å²) in [4.78, 5) is 41.6. The van der Waals surface area contributed by atoms with Gasteiger partial charge in [-0.05, 0) is 93.3 Å². The van der Waals surface area contributed by atoms with E-state index in [-0.39, 0.29) is 29.2 Å². The van der Waals surface area contributed by atoms with E-state index in [4.69, 9.17) is 9.47 Å². The Morgan fingerprint density at radius 1 is 1.07 bits per heavy atom. The summed E-state index contributed by atoms with van der Waals surface area (Å²) in [6.45, 7) is 11.2. The Hall–Kier alpha value is -3.81. The van der Waals surface area contributed by atoms with E-state index in [2.05, 4.69) is 23.7 Å². The molecule has 0 radical (unpaired) electrons. The molecule has 222 valence electrons. The number of carbonyl (C=O) groups excluding carboxylic acids is 3. The molecule has 1 saturated heterocycles. The number of ether oxygens (including phenoxy) is 2. The quantitative estimate of drug-likeness (QED) is 0.401. The number of hydrogen-bond acceptors (Lipinski definition) is 5. The maximum Gasteiger partial charge on any atom is 0.410 e. The molecule has 42 heavy (non-hydrogen) atoms. The minimum Gasteiger partial charge on any atom is -0.497 e. The van der Waals surface area contributed by atoms with Crippen molar-refractivity contribution in [3.05, 3.63) is 64.8 Å². The van der Waals surface area contributed by atoms with Crippen LogP contribution in [0, 0.1) is 5.41 Å². The zero-order valence-corrected chi connectivity index (χ0v) is 25.5. The minimum absolute atomic E-state index is 0.0232. The molecule has 8 heteroatoms. The van der Waals surface area contributed by atoms with Crippen LogP contribution in [0.25, 0.3) is 10.9 Å². The Kier molecular flexibility index (Phi) is 6.67. The van der Waals surface area contributed by atoms with Crippen LogP contribution in [0.2, 0.25) is 0 Å². The maximum absolute atomic E-state index is 14.0. The van der Waals surface area contributed by atoms with Crippen LogP contribution < -0.4 is 10.1 Å². The van der Waals surface area contributed by atoms with Crippen molar-refractivity contribution in [2.45, 2.75) is 83.9 Å². The number of amides is 2. The van der Waals surface area contributed by atoms with Crippen LogP contribution in [0.4, 0.5) is 4.79 Å². The van der Waals surface area contributed by atoms with E-state index in [0.29, 0.717) is 31.6 Å². The van der Waals surface area contributed by atoms with Crippen LogP contribution in [0.1, 0.15) is 92.3 Å². The standard InChI is InChI=1S/C34H41N3O5/c1-32(2,3)42-31(40)36-16-13-23(19-36)35-30(39)22-9-12-26-25(17-22)27-28(29(38)33(4,5)20-34(27)14-15-34)37(26)18-21-7-10-24(41-6)11-8-21/h7-12,17,23H,13-16,18-20H2,1-6H3,(H,35,39).